The van der Waals surface area contributed by atoms with Gasteiger partial charge in [0.2, 0.25) is 0 Å². The first-order valence-corrected chi connectivity index (χ1v) is 7.43. The molecule has 0 nitrogen and oxygen atoms in total. The van der Waals surface area contributed by atoms with E-state index in [2.05, 4.69) is 6.92 Å². The van der Waals surface area contributed by atoms with E-state index >= 15 is 0 Å². The van der Waals surface area contributed by atoms with E-state index in [0.29, 0.717) is 0 Å². The first-order chi connectivity index (χ1) is 5.72. The Kier molecular flexibility index (Phi) is 1.91. The third-order valence-electron chi connectivity index (χ3n) is 3.63. The van der Waals surface area contributed by atoms with Crippen LogP contribution in [0.15, 0.2) is 0 Å². The lowest BCUT2D eigenvalue weighted by atomic mass is 10.00. The van der Waals surface area contributed by atoms with Gasteiger partial charge in [-0.25, -0.2) is 0 Å². The Morgan fingerprint density at radius 3 is 2.27 bits per heavy atom. The Morgan fingerprint density at radius 2 is 1.91 bits per heavy atom. The number of hydrogen-bond donors (Lipinski definition) is 0. The minimum absolute atomic E-state index is 0.109. The molecule has 64 valence electrons. The van der Waals surface area contributed by atoms with Gasteiger partial charge in [-0.15, -0.1) is 0 Å². The third-order valence-corrected chi connectivity index (χ3v) is 8.97. The van der Waals surface area contributed by atoms with Crippen LogP contribution in [0.4, 0.5) is 0 Å². The third kappa shape index (κ3) is 1.24. The molecule has 0 amide bonds. The maximum atomic E-state index is 8.46. The molecule has 1 saturated carbocycles. The van der Waals surface area contributed by atoms with Crippen molar-refractivity contribution in [2.24, 2.45) is 0 Å². The summed E-state index contributed by atoms with van der Waals surface area (Å²) >= 11 is 0. The summed E-state index contributed by atoms with van der Waals surface area (Å²) in [5.41, 5.74) is 0.109. The predicted octanol–water partition coefficient (Wildman–Crippen LogP) is 3.37. The first-order valence-electron chi connectivity index (χ1n) is 5.59. The van der Waals surface area contributed by atoms with Crippen molar-refractivity contribution < 1.29 is 1.37 Å². The summed E-state index contributed by atoms with van der Waals surface area (Å²) in [5.74, 6) is 0. The summed E-state index contributed by atoms with van der Waals surface area (Å²) in [5, 5.41) is 0. The predicted molar refractivity (Wildman–Crippen MR) is 54.1 cm³/mol. The van der Waals surface area contributed by atoms with Crippen LogP contribution in [-0.4, -0.2) is 24.1 Å². The number of rotatable bonds is 2. The lowest BCUT2D eigenvalue weighted by Crippen LogP contribution is -2.24. The van der Waals surface area contributed by atoms with E-state index < -0.39 is 7.26 Å². The standard InChI is InChI=1S/C10H20P/c1-2-11(8-3-4-9-11)10-6-5-7-10/h10H,2-9H2,1H3/q+1/i10D. The van der Waals surface area contributed by atoms with Gasteiger partial charge >= 0.3 is 0 Å². The Bertz CT molecular complexity index is 169. The van der Waals surface area contributed by atoms with Crippen molar-refractivity contribution in [2.45, 2.75) is 44.7 Å². The Labute approximate surface area is 72.5 Å². The quantitative estimate of drug-likeness (QED) is 0.560. The van der Waals surface area contributed by atoms with Crippen LogP contribution in [0.25, 0.3) is 0 Å². The SMILES string of the molecule is [2H]C1([P+]2(CC)CCCC2)CCC1. The fourth-order valence-electron chi connectivity index (χ4n) is 2.61. The maximum absolute atomic E-state index is 8.46. The van der Waals surface area contributed by atoms with Gasteiger partial charge in [0.15, 0.2) is 0 Å². The van der Waals surface area contributed by atoms with Gasteiger partial charge in [-0.05, 0) is 39.0 Å². The Balaban J connectivity index is 2.15. The molecular weight excluding hydrogens is 151 g/mol. The van der Waals surface area contributed by atoms with Crippen LogP contribution < -0.4 is 0 Å². The molecule has 1 saturated heterocycles. The second-order valence-electron chi connectivity index (χ2n) is 4.04. The van der Waals surface area contributed by atoms with Crippen molar-refractivity contribution in [3.63, 3.8) is 0 Å². The van der Waals surface area contributed by atoms with Gasteiger partial charge in [0.1, 0.15) is 0 Å². The van der Waals surface area contributed by atoms with Crippen LogP contribution in [0, 0.1) is 0 Å². The van der Waals surface area contributed by atoms with E-state index in [1.807, 2.05) is 0 Å². The molecule has 0 radical (unpaired) electrons. The van der Waals surface area contributed by atoms with Crippen molar-refractivity contribution in [3.8, 4) is 0 Å². The molecule has 0 aromatic heterocycles. The van der Waals surface area contributed by atoms with Gasteiger partial charge in [-0.2, -0.15) is 0 Å². The second-order valence-corrected chi connectivity index (χ2v) is 8.49. The molecule has 0 aromatic rings. The van der Waals surface area contributed by atoms with E-state index in [1.165, 1.54) is 50.6 Å². The van der Waals surface area contributed by atoms with Crippen LogP contribution in [0.5, 0.6) is 0 Å². The second kappa shape index (κ2) is 3.05. The molecule has 1 aliphatic heterocycles. The smallest absolute Gasteiger partial charge is 0.0459 e. The van der Waals surface area contributed by atoms with Crippen molar-refractivity contribution in [2.75, 3.05) is 18.5 Å². The molecule has 2 aliphatic rings. The summed E-state index contributed by atoms with van der Waals surface area (Å²) < 4.78 is 8.46. The molecule has 11 heavy (non-hydrogen) atoms. The van der Waals surface area contributed by atoms with Crippen molar-refractivity contribution in [1.29, 1.82) is 0 Å². The summed E-state index contributed by atoms with van der Waals surface area (Å²) in [4.78, 5) is 0. The van der Waals surface area contributed by atoms with E-state index in [-0.39, 0.29) is 5.64 Å². The van der Waals surface area contributed by atoms with E-state index in [9.17, 15) is 0 Å². The molecule has 2 rings (SSSR count). The Morgan fingerprint density at radius 1 is 1.27 bits per heavy atom. The van der Waals surface area contributed by atoms with Gasteiger partial charge in [-0.3, -0.25) is 0 Å². The normalized spacial score (nSPS) is 34.5. The largest absolute Gasteiger partial charge is 0.0745 e. The van der Waals surface area contributed by atoms with E-state index in [4.69, 9.17) is 1.37 Å². The summed E-state index contributed by atoms with van der Waals surface area (Å²) in [7, 11) is -0.777. The zero-order valence-electron chi connectivity index (χ0n) is 8.60. The number of hydrogen-bond acceptors (Lipinski definition) is 0. The zero-order chi connectivity index (χ0) is 8.66. The molecule has 1 heterocycles. The molecular formula is C10H20P+. The summed E-state index contributed by atoms with van der Waals surface area (Å²) in [6.45, 7) is 2.34. The molecule has 0 atom stereocenters. The highest BCUT2D eigenvalue weighted by molar-refractivity contribution is 7.76. The first kappa shape index (κ1) is 6.89. The minimum Gasteiger partial charge on any atom is -0.0459 e. The van der Waals surface area contributed by atoms with Crippen LogP contribution in [0.3, 0.4) is 0 Å². The summed E-state index contributed by atoms with van der Waals surface area (Å²) in [6.07, 6.45) is 10.9. The van der Waals surface area contributed by atoms with Gasteiger partial charge in [0.05, 0.1) is 25.5 Å². The fraction of sp³-hybridized carbons (Fsp3) is 1.00. The average Bonchev–Trinajstić information content (AvgIpc) is 2.49. The van der Waals surface area contributed by atoms with Crippen molar-refractivity contribution >= 4 is 7.26 Å². The summed E-state index contributed by atoms with van der Waals surface area (Å²) in [6, 6.07) is 0. The monoisotopic (exact) mass is 172 g/mol. The molecule has 0 bridgehead atoms. The molecule has 1 heteroatoms. The van der Waals surface area contributed by atoms with Crippen LogP contribution in [0.2, 0.25) is 0 Å². The molecule has 2 fully saturated rings. The molecule has 1 aliphatic carbocycles. The lowest BCUT2D eigenvalue weighted by molar-refractivity contribution is 0.509. The molecule has 0 aromatic carbocycles. The van der Waals surface area contributed by atoms with Gasteiger partial charge in [-0.1, -0.05) is 0 Å². The maximum Gasteiger partial charge on any atom is 0.0745 e. The average molecular weight is 172 g/mol. The highest BCUT2D eigenvalue weighted by Crippen LogP contribution is 2.71. The van der Waals surface area contributed by atoms with Crippen LogP contribution in [0.1, 0.15) is 40.4 Å². The highest BCUT2D eigenvalue weighted by Gasteiger charge is 2.48. The molecule has 0 unspecified atom stereocenters. The van der Waals surface area contributed by atoms with Gasteiger partial charge in [0.25, 0.3) is 0 Å². The van der Waals surface area contributed by atoms with Crippen LogP contribution in [-0.2, 0) is 0 Å². The van der Waals surface area contributed by atoms with Gasteiger partial charge in [0, 0.05) is 7.26 Å². The highest BCUT2D eigenvalue weighted by atomic mass is 31.2. The Hall–Kier alpha value is 0.430. The van der Waals surface area contributed by atoms with E-state index in [1.54, 1.807) is 0 Å². The zero-order valence-corrected chi connectivity index (χ0v) is 8.50. The van der Waals surface area contributed by atoms with E-state index in [0.717, 1.165) is 0 Å². The van der Waals surface area contributed by atoms with Crippen LogP contribution >= 0.6 is 7.26 Å². The lowest BCUT2D eigenvalue weighted by Gasteiger charge is -2.36. The topological polar surface area (TPSA) is 0 Å². The fourth-order valence-corrected chi connectivity index (χ4v) is 7.46. The van der Waals surface area contributed by atoms with Crippen molar-refractivity contribution in [3.05, 3.63) is 0 Å². The molecule has 0 spiro atoms. The minimum atomic E-state index is -0.777. The van der Waals surface area contributed by atoms with Gasteiger partial charge < -0.3 is 0 Å². The molecule has 0 N–H and O–H groups in total. The van der Waals surface area contributed by atoms with Crippen molar-refractivity contribution in [1.82, 2.24) is 0 Å².